The minimum Gasteiger partial charge on any atom is -0.479 e. The molecule has 0 saturated carbocycles. The third kappa shape index (κ3) is 19.6. The molecular weight excluding hydrogens is 520 g/mol. The Morgan fingerprint density at radius 2 is 1.32 bits per heavy atom. The van der Waals surface area contributed by atoms with Crippen LogP contribution in [0.15, 0.2) is 0 Å². The average molecular weight is 563 g/mol. The fraction of sp³-hybridized carbons (Fsp3) is 0.818. The number of rotatable bonds is 11. The van der Waals surface area contributed by atoms with Gasteiger partial charge in [-0.25, -0.2) is 19.2 Å². The zero-order valence-electron chi connectivity index (χ0n) is 23.3. The highest BCUT2D eigenvalue weighted by Crippen LogP contribution is 2.22. The van der Waals surface area contributed by atoms with Gasteiger partial charge in [0.25, 0.3) is 0 Å². The van der Waals surface area contributed by atoms with E-state index in [0.717, 1.165) is 7.11 Å². The lowest BCUT2D eigenvalue weighted by atomic mass is 10.4. The number of methoxy groups -OCH3 is 7. The molecule has 1 heterocycles. The molecule has 0 radical (unpaired) electrons. The Morgan fingerprint density at radius 1 is 0.842 bits per heavy atom. The predicted octanol–water partition coefficient (Wildman–Crippen LogP) is -1.62. The first kappa shape index (κ1) is 40.1. The molecule has 0 aromatic rings. The van der Waals surface area contributed by atoms with Gasteiger partial charge in [0.15, 0.2) is 30.2 Å². The van der Waals surface area contributed by atoms with Gasteiger partial charge in [-0.15, -0.1) is 0 Å². The minimum absolute atomic E-state index is 0.0891. The van der Waals surface area contributed by atoms with Crippen molar-refractivity contribution in [2.45, 2.75) is 44.1 Å². The number of carboxylic acids is 1. The van der Waals surface area contributed by atoms with Crippen LogP contribution in [0.4, 0.5) is 0 Å². The van der Waals surface area contributed by atoms with Crippen LogP contribution in [0, 0.1) is 0 Å². The van der Waals surface area contributed by atoms with Gasteiger partial charge < -0.3 is 58.0 Å². The van der Waals surface area contributed by atoms with Crippen LogP contribution < -0.4 is 0 Å². The van der Waals surface area contributed by atoms with Crippen molar-refractivity contribution in [2.75, 3.05) is 76.2 Å². The number of aliphatic hydroxyl groups excluding tert-OH is 2. The van der Waals surface area contributed by atoms with Gasteiger partial charge in [0.2, 0.25) is 0 Å². The molecule has 4 unspecified atom stereocenters. The van der Waals surface area contributed by atoms with Crippen molar-refractivity contribution in [3.63, 3.8) is 0 Å². The van der Waals surface area contributed by atoms with Crippen molar-refractivity contribution < 1.29 is 77.1 Å². The van der Waals surface area contributed by atoms with Crippen LogP contribution in [-0.2, 0) is 61.8 Å². The molecule has 1 aliphatic rings. The molecule has 1 aliphatic heterocycles. The van der Waals surface area contributed by atoms with Gasteiger partial charge in [-0.05, 0) is 13.8 Å². The van der Waals surface area contributed by atoms with Gasteiger partial charge in [-0.3, -0.25) is 0 Å². The summed E-state index contributed by atoms with van der Waals surface area (Å²) >= 11 is 0. The number of carbonyl (C=O) groups excluding carboxylic acids is 3. The summed E-state index contributed by atoms with van der Waals surface area (Å²) in [5.74, 6) is -3.26. The summed E-state index contributed by atoms with van der Waals surface area (Å²) < 4.78 is 41.8. The Balaban J connectivity index is -0.000000433. The zero-order chi connectivity index (χ0) is 30.3. The number of hydrogen-bond donors (Lipinski definition) is 3. The number of aliphatic carboxylic acids is 1. The standard InChI is InChI=1S/C7H12O4.C6H12O4.C5H10O4.C4H8O4/c1-7(2)10-4-5(11-7)6(8)9-3;1-8-4-5(9-2)6(7)10-3;1-8-3-4(9-2)5(6)7;1-8-4(7)3(6)2-5/h5H,4H2,1-3H3;5H,4H2,1-3H3;4H,3H2,1-2H3,(H,6,7);3,5-6H,2H2,1H3. The maximum absolute atomic E-state index is 10.9. The van der Waals surface area contributed by atoms with Crippen LogP contribution >= 0.6 is 0 Å². The lowest BCUT2D eigenvalue weighted by Crippen LogP contribution is -2.28. The SMILES string of the molecule is COC(=O)C(O)CO.COC(=O)C1COC(C)(C)O1.COCC(OC)C(=O)O.COCC(OC)C(=O)OC. The third-order valence-corrected chi connectivity index (χ3v) is 4.06. The van der Waals surface area contributed by atoms with Crippen LogP contribution in [-0.4, -0.2) is 146 Å². The number of esters is 3. The monoisotopic (exact) mass is 562 g/mol. The van der Waals surface area contributed by atoms with Crippen LogP contribution in [0.5, 0.6) is 0 Å². The number of aliphatic hydroxyl groups is 2. The van der Waals surface area contributed by atoms with Gasteiger partial charge in [-0.2, -0.15) is 0 Å². The number of ether oxygens (including phenoxy) is 9. The van der Waals surface area contributed by atoms with Gasteiger partial charge in [0.1, 0.15) is 0 Å². The second-order valence-corrected chi connectivity index (χ2v) is 7.28. The van der Waals surface area contributed by atoms with Crippen LogP contribution in [0.3, 0.4) is 0 Å². The Bertz CT molecular complexity index is 653. The van der Waals surface area contributed by atoms with Crippen molar-refractivity contribution in [3.8, 4) is 0 Å². The molecule has 1 fully saturated rings. The molecule has 0 bridgehead atoms. The topological polar surface area (TPSA) is 212 Å². The van der Waals surface area contributed by atoms with E-state index in [9.17, 15) is 19.2 Å². The third-order valence-electron chi connectivity index (χ3n) is 4.06. The molecule has 0 aliphatic carbocycles. The predicted molar refractivity (Wildman–Crippen MR) is 127 cm³/mol. The van der Waals surface area contributed by atoms with Crippen molar-refractivity contribution in [2.24, 2.45) is 0 Å². The zero-order valence-corrected chi connectivity index (χ0v) is 23.3. The summed E-state index contributed by atoms with van der Waals surface area (Å²) in [4.78, 5) is 41.8. The largest absolute Gasteiger partial charge is 0.479 e. The Labute approximate surface area is 221 Å². The Kier molecular flexibility index (Phi) is 24.9. The summed E-state index contributed by atoms with van der Waals surface area (Å²) in [7, 11) is 9.46. The molecule has 38 heavy (non-hydrogen) atoms. The van der Waals surface area contributed by atoms with Gasteiger partial charge in [-0.1, -0.05) is 0 Å². The van der Waals surface area contributed by atoms with Crippen molar-refractivity contribution in [1.82, 2.24) is 0 Å². The quantitative estimate of drug-likeness (QED) is 0.191. The van der Waals surface area contributed by atoms with E-state index in [1.807, 2.05) is 0 Å². The number of carboxylic acid groups (broad SMARTS) is 1. The smallest absolute Gasteiger partial charge is 0.337 e. The summed E-state index contributed by atoms with van der Waals surface area (Å²) in [6.45, 7) is 3.52. The Hall–Kier alpha value is -2.44. The minimum atomic E-state index is -1.39. The first-order valence-electron chi connectivity index (χ1n) is 10.9. The highest BCUT2D eigenvalue weighted by molar-refractivity contribution is 5.75. The maximum Gasteiger partial charge on any atom is 0.337 e. The molecule has 1 saturated heterocycles. The average Bonchev–Trinajstić information content (AvgIpc) is 3.28. The molecule has 226 valence electrons. The summed E-state index contributed by atoms with van der Waals surface area (Å²) in [5, 5.41) is 24.8. The van der Waals surface area contributed by atoms with Crippen molar-refractivity contribution in [1.29, 1.82) is 0 Å². The fourth-order valence-electron chi connectivity index (χ4n) is 2.05. The summed E-state index contributed by atoms with van der Waals surface area (Å²) in [5.41, 5.74) is 0. The second kappa shape index (κ2) is 23.7. The maximum atomic E-state index is 10.9. The molecule has 3 N–H and O–H groups in total. The van der Waals surface area contributed by atoms with E-state index in [1.54, 1.807) is 13.8 Å². The number of hydrogen-bond acceptors (Lipinski definition) is 15. The first-order chi connectivity index (χ1) is 17.7. The highest BCUT2D eigenvalue weighted by Gasteiger charge is 2.37. The molecule has 1 rings (SSSR count). The molecule has 0 aromatic heterocycles. The van der Waals surface area contributed by atoms with Gasteiger partial charge in [0, 0.05) is 28.4 Å². The van der Waals surface area contributed by atoms with Crippen LogP contribution in [0.1, 0.15) is 13.8 Å². The van der Waals surface area contributed by atoms with E-state index in [1.165, 1.54) is 42.7 Å². The van der Waals surface area contributed by atoms with E-state index < -0.39 is 54.7 Å². The highest BCUT2D eigenvalue weighted by atomic mass is 16.8. The van der Waals surface area contributed by atoms with Crippen molar-refractivity contribution in [3.05, 3.63) is 0 Å². The van der Waals surface area contributed by atoms with Crippen LogP contribution in [0.25, 0.3) is 0 Å². The normalized spacial score (nSPS) is 17.4. The molecule has 0 spiro atoms. The number of carbonyl (C=O) groups is 4. The molecule has 4 atom stereocenters. The molecular formula is C22H42O16. The molecule has 16 heteroatoms. The molecule has 0 aromatic carbocycles. The second-order valence-electron chi connectivity index (χ2n) is 7.28. The Morgan fingerprint density at radius 3 is 1.55 bits per heavy atom. The summed E-state index contributed by atoms with van der Waals surface area (Å²) in [6.07, 6.45) is -3.39. The van der Waals surface area contributed by atoms with Crippen molar-refractivity contribution >= 4 is 23.9 Å². The first-order valence-corrected chi connectivity index (χ1v) is 10.9. The van der Waals surface area contributed by atoms with E-state index >= 15 is 0 Å². The molecule has 0 amide bonds. The van der Waals surface area contributed by atoms with Crippen LogP contribution in [0.2, 0.25) is 0 Å². The fourth-order valence-corrected chi connectivity index (χ4v) is 2.05. The van der Waals surface area contributed by atoms with Gasteiger partial charge in [0.05, 0.1) is 47.8 Å². The van der Waals surface area contributed by atoms with Gasteiger partial charge >= 0.3 is 23.9 Å². The van der Waals surface area contributed by atoms with E-state index in [2.05, 4.69) is 23.7 Å². The lowest BCUT2D eigenvalue weighted by Gasteiger charge is -2.15. The van der Waals surface area contributed by atoms with E-state index in [0.29, 0.717) is 0 Å². The lowest BCUT2D eigenvalue weighted by molar-refractivity contribution is -0.167. The molecule has 16 nitrogen and oxygen atoms in total. The van der Waals surface area contributed by atoms with E-state index in [-0.39, 0.29) is 25.8 Å². The van der Waals surface area contributed by atoms with E-state index in [4.69, 9.17) is 34.3 Å². The summed E-state index contributed by atoms with van der Waals surface area (Å²) in [6, 6.07) is 0.